The molecule has 2 N–H and O–H groups in total. The van der Waals surface area contributed by atoms with Crippen molar-refractivity contribution in [2.75, 3.05) is 6.54 Å². The molecule has 0 unspecified atom stereocenters. The minimum absolute atomic E-state index is 0.0144. The van der Waals surface area contributed by atoms with E-state index in [9.17, 15) is 9.59 Å². The van der Waals surface area contributed by atoms with E-state index in [4.69, 9.17) is 28.9 Å². The zero-order valence-electron chi connectivity index (χ0n) is 16.2. The molecule has 1 aliphatic heterocycles. The summed E-state index contributed by atoms with van der Waals surface area (Å²) in [7, 11) is 0. The normalized spacial score (nSPS) is 13.2. The molecule has 0 atom stereocenters. The molecule has 0 saturated heterocycles. The first-order valence-electron chi connectivity index (χ1n) is 9.37. The number of hydrogen-bond donors (Lipinski definition) is 1. The highest BCUT2D eigenvalue weighted by Crippen LogP contribution is 2.31. The van der Waals surface area contributed by atoms with Crippen LogP contribution in [0.25, 0.3) is 11.3 Å². The third-order valence-electron chi connectivity index (χ3n) is 5.12. The molecule has 7 nitrogen and oxygen atoms in total. The fourth-order valence-corrected chi connectivity index (χ4v) is 3.80. The molecule has 3 aromatic rings. The van der Waals surface area contributed by atoms with Gasteiger partial charge in [-0.3, -0.25) is 14.3 Å². The van der Waals surface area contributed by atoms with Gasteiger partial charge in [-0.1, -0.05) is 53.0 Å². The van der Waals surface area contributed by atoms with E-state index < -0.39 is 5.91 Å². The number of benzene rings is 1. The molecule has 0 radical (unpaired) electrons. The second-order valence-electron chi connectivity index (χ2n) is 7.23. The van der Waals surface area contributed by atoms with Gasteiger partial charge in [-0.15, -0.1) is 0 Å². The topological polar surface area (TPSA) is 94.1 Å². The molecule has 2 aromatic heterocycles. The molecule has 3 heterocycles. The number of nitrogens with two attached hydrogens (primary N) is 1. The fourth-order valence-electron chi connectivity index (χ4n) is 3.53. The maximum Gasteiger partial charge on any atom is 0.252 e. The third kappa shape index (κ3) is 3.91. The number of primary amides is 1. The van der Waals surface area contributed by atoms with Crippen molar-refractivity contribution in [3.63, 3.8) is 0 Å². The summed E-state index contributed by atoms with van der Waals surface area (Å²) in [6.45, 7) is 3.22. The minimum Gasteiger partial charge on any atom is -0.365 e. The predicted octanol–water partition coefficient (Wildman–Crippen LogP) is 3.24. The summed E-state index contributed by atoms with van der Waals surface area (Å²) in [6, 6.07) is 9.46. The summed E-state index contributed by atoms with van der Waals surface area (Å²) < 4.78 is 1.72. The first-order chi connectivity index (χ1) is 14.3. The van der Waals surface area contributed by atoms with Crippen molar-refractivity contribution in [3.05, 3.63) is 69.1 Å². The summed E-state index contributed by atoms with van der Waals surface area (Å²) in [5.74, 6) is -0.635. The molecule has 0 saturated carbocycles. The Balaban J connectivity index is 1.63. The van der Waals surface area contributed by atoms with Gasteiger partial charge in [0.1, 0.15) is 10.8 Å². The van der Waals surface area contributed by atoms with E-state index in [1.54, 1.807) is 15.6 Å². The van der Waals surface area contributed by atoms with E-state index in [2.05, 4.69) is 10.1 Å². The number of fused-ring (bicyclic) bond motifs is 1. The molecule has 30 heavy (non-hydrogen) atoms. The number of aromatic nitrogens is 3. The lowest BCUT2D eigenvalue weighted by atomic mass is 10.1. The van der Waals surface area contributed by atoms with Crippen molar-refractivity contribution < 1.29 is 9.59 Å². The van der Waals surface area contributed by atoms with Gasteiger partial charge >= 0.3 is 0 Å². The first kappa shape index (κ1) is 20.4. The lowest BCUT2D eigenvalue weighted by Gasteiger charge is -2.28. The van der Waals surface area contributed by atoms with E-state index >= 15 is 0 Å². The van der Waals surface area contributed by atoms with Crippen molar-refractivity contribution in [2.24, 2.45) is 5.73 Å². The number of halogens is 2. The van der Waals surface area contributed by atoms with Gasteiger partial charge in [-0.25, -0.2) is 4.98 Å². The Kier molecular flexibility index (Phi) is 5.49. The average Bonchev–Trinajstić information content (AvgIpc) is 3.10. The number of pyridine rings is 1. The Morgan fingerprint density at radius 2 is 1.90 bits per heavy atom. The van der Waals surface area contributed by atoms with Gasteiger partial charge in [0.2, 0.25) is 5.91 Å². The van der Waals surface area contributed by atoms with Gasteiger partial charge in [-0.2, -0.15) is 5.10 Å². The number of rotatable bonds is 4. The van der Waals surface area contributed by atoms with E-state index in [-0.39, 0.29) is 28.2 Å². The summed E-state index contributed by atoms with van der Waals surface area (Å²) in [5.41, 5.74) is 9.56. The number of aryl methyl sites for hydroxylation is 1. The molecular formula is C21H19Cl2N5O2. The highest BCUT2D eigenvalue weighted by Gasteiger charge is 2.29. The molecule has 0 spiro atoms. The second-order valence-corrected chi connectivity index (χ2v) is 8.00. The Labute approximate surface area is 183 Å². The molecule has 1 aliphatic rings. The van der Waals surface area contributed by atoms with Crippen LogP contribution in [-0.2, 0) is 24.3 Å². The van der Waals surface area contributed by atoms with Crippen LogP contribution in [0.4, 0.5) is 0 Å². The van der Waals surface area contributed by atoms with Gasteiger partial charge in [-0.05, 0) is 18.6 Å². The Morgan fingerprint density at radius 1 is 1.17 bits per heavy atom. The van der Waals surface area contributed by atoms with Crippen molar-refractivity contribution in [2.45, 2.75) is 26.4 Å². The zero-order chi connectivity index (χ0) is 21.4. The molecular weight excluding hydrogens is 425 g/mol. The first-order valence-corrected chi connectivity index (χ1v) is 10.1. The minimum atomic E-state index is -0.620. The number of amides is 2. The summed E-state index contributed by atoms with van der Waals surface area (Å²) in [4.78, 5) is 30.9. The monoisotopic (exact) mass is 443 g/mol. The third-order valence-corrected chi connectivity index (χ3v) is 5.81. The number of nitrogens with zero attached hydrogens (tertiary/aromatic N) is 4. The lowest BCUT2D eigenvalue weighted by Crippen LogP contribution is -2.40. The van der Waals surface area contributed by atoms with Crippen molar-refractivity contribution in [3.8, 4) is 11.3 Å². The van der Waals surface area contributed by atoms with Crippen LogP contribution in [0.15, 0.2) is 36.5 Å². The molecule has 4 rings (SSSR count). The maximum atomic E-state index is 12.8. The van der Waals surface area contributed by atoms with E-state index in [0.29, 0.717) is 36.5 Å². The standard InChI is InChI=1S/C21H19Cl2N5O2/c1-12-2-4-13(5-3-12)8-17(29)27-6-7-28-16(11-27)18(21(24)30)19(26-28)14-9-15(22)20(23)25-10-14/h2-5,9-10H,6-8,11H2,1H3,(H2,24,30). The van der Waals surface area contributed by atoms with Gasteiger partial charge in [0.15, 0.2) is 0 Å². The van der Waals surface area contributed by atoms with Crippen LogP contribution in [0.5, 0.6) is 0 Å². The smallest absolute Gasteiger partial charge is 0.252 e. The van der Waals surface area contributed by atoms with E-state index in [0.717, 1.165) is 11.1 Å². The second kappa shape index (κ2) is 8.08. The van der Waals surface area contributed by atoms with Crippen LogP contribution in [-0.4, -0.2) is 38.0 Å². The number of carbonyl (C=O) groups excluding carboxylic acids is 2. The predicted molar refractivity (Wildman–Crippen MR) is 114 cm³/mol. The number of hydrogen-bond acceptors (Lipinski definition) is 4. The molecule has 1 aromatic carbocycles. The van der Waals surface area contributed by atoms with E-state index in [1.807, 2.05) is 31.2 Å². The molecule has 0 fully saturated rings. The van der Waals surface area contributed by atoms with E-state index in [1.165, 1.54) is 6.20 Å². The van der Waals surface area contributed by atoms with Crippen molar-refractivity contribution >= 4 is 35.0 Å². The number of carbonyl (C=O) groups is 2. The van der Waals surface area contributed by atoms with Crippen LogP contribution in [0.1, 0.15) is 27.2 Å². The highest BCUT2D eigenvalue weighted by molar-refractivity contribution is 6.41. The van der Waals surface area contributed by atoms with Gasteiger partial charge < -0.3 is 10.6 Å². The van der Waals surface area contributed by atoms with Crippen LogP contribution in [0, 0.1) is 6.92 Å². The summed E-state index contributed by atoms with van der Waals surface area (Å²) >= 11 is 12.0. The maximum absolute atomic E-state index is 12.8. The molecule has 0 aliphatic carbocycles. The molecule has 2 amide bonds. The van der Waals surface area contributed by atoms with Crippen LogP contribution in [0.3, 0.4) is 0 Å². The Morgan fingerprint density at radius 3 is 2.57 bits per heavy atom. The Bertz CT molecular complexity index is 1140. The Hall–Kier alpha value is -2.90. The summed E-state index contributed by atoms with van der Waals surface area (Å²) in [5, 5.41) is 4.96. The van der Waals surface area contributed by atoms with Crippen LogP contribution < -0.4 is 5.73 Å². The van der Waals surface area contributed by atoms with Gasteiger partial charge in [0.25, 0.3) is 5.91 Å². The summed E-state index contributed by atoms with van der Waals surface area (Å²) in [6.07, 6.45) is 1.79. The average molecular weight is 444 g/mol. The van der Waals surface area contributed by atoms with Crippen LogP contribution >= 0.6 is 23.2 Å². The molecule has 154 valence electrons. The van der Waals surface area contributed by atoms with Gasteiger partial charge in [0.05, 0.1) is 35.8 Å². The van der Waals surface area contributed by atoms with Crippen molar-refractivity contribution in [1.29, 1.82) is 0 Å². The van der Waals surface area contributed by atoms with Crippen molar-refractivity contribution in [1.82, 2.24) is 19.7 Å². The molecule has 0 bridgehead atoms. The zero-order valence-corrected chi connectivity index (χ0v) is 17.7. The quantitative estimate of drug-likeness (QED) is 0.626. The SMILES string of the molecule is Cc1ccc(CC(=O)N2CCn3nc(-c4cnc(Cl)c(Cl)c4)c(C(N)=O)c3C2)cc1. The lowest BCUT2D eigenvalue weighted by molar-refractivity contribution is -0.132. The largest absolute Gasteiger partial charge is 0.365 e. The highest BCUT2D eigenvalue weighted by atomic mass is 35.5. The van der Waals surface area contributed by atoms with Crippen LogP contribution in [0.2, 0.25) is 10.2 Å². The fraction of sp³-hybridized carbons (Fsp3) is 0.238. The molecule has 9 heteroatoms. The van der Waals surface area contributed by atoms with Gasteiger partial charge in [0, 0.05) is 18.3 Å².